The highest BCUT2D eigenvalue weighted by molar-refractivity contribution is 7.13. The fourth-order valence-electron chi connectivity index (χ4n) is 5.19. The van der Waals surface area contributed by atoms with Crippen LogP contribution >= 0.6 is 11.3 Å². The Kier molecular flexibility index (Phi) is 4.50. The molecule has 32 heavy (non-hydrogen) atoms. The van der Waals surface area contributed by atoms with Crippen LogP contribution in [0.2, 0.25) is 0 Å². The summed E-state index contributed by atoms with van der Waals surface area (Å²) in [6.07, 6.45) is 5.81. The molecule has 0 N–H and O–H groups in total. The van der Waals surface area contributed by atoms with Gasteiger partial charge in [0.05, 0.1) is 11.1 Å². The van der Waals surface area contributed by atoms with Crippen molar-refractivity contribution in [2.75, 3.05) is 31.1 Å². The van der Waals surface area contributed by atoms with Crippen LogP contribution in [-0.4, -0.2) is 56.3 Å². The number of thiazole rings is 1. The summed E-state index contributed by atoms with van der Waals surface area (Å²) in [4.78, 5) is 31.8. The minimum atomic E-state index is 0.104. The molecule has 6 rings (SSSR count). The van der Waals surface area contributed by atoms with E-state index in [1.54, 1.807) is 17.5 Å². The highest BCUT2D eigenvalue weighted by atomic mass is 32.1. The maximum absolute atomic E-state index is 13.8. The van der Waals surface area contributed by atoms with E-state index < -0.39 is 0 Å². The van der Waals surface area contributed by atoms with E-state index in [0.29, 0.717) is 11.8 Å². The second-order valence-corrected chi connectivity index (χ2v) is 9.73. The first kappa shape index (κ1) is 19.4. The van der Waals surface area contributed by atoms with Crippen LogP contribution < -0.4 is 4.90 Å². The molecule has 2 aliphatic rings. The second-order valence-electron chi connectivity index (χ2n) is 8.83. The number of anilines is 1. The van der Waals surface area contributed by atoms with Gasteiger partial charge in [-0.2, -0.15) is 0 Å². The van der Waals surface area contributed by atoms with E-state index in [2.05, 4.69) is 19.9 Å². The third-order valence-corrected chi connectivity index (χ3v) is 7.39. The van der Waals surface area contributed by atoms with Gasteiger partial charge < -0.3 is 14.2 Å². The van der Waals surface area contributed by atoms with Crippen molar-refractivity contribution in [3.8, 4) is 10.6 Å². The van der Waals surface area contributed by atoms with Crippen LogP contribution in [0.1, 0.15) is 21.7 Å². The lowest BCUT2D eigenvalue weighted by Crippen LogP contribution is -2.34. The van der Waals surface area contributed by atoms with Gasteiger partial charge in [0, 0.05) is 78.9 Å². The predicted molar refractivity (Wildman–Crippen MR) is 125 cm³/mol. The Hall–Kier alpha value is -3.26. The van der Waals surface area contributed by atoms with Crippen LogP contribution in [0.4, 0.5) is 5.95 Å². The zero-order valence-electron chi connectivity index (χ0n) is 18.1. The molecule has 0 aliphatic carbocycles. The molecule has 2 fully saturated rings. The predicted octanol–water partition coefficient (Wildman–Crippen LogP) is 3.68. The van der Waals surface area contributed by atoms with Crippen molar-refractivity contribution >= 4 is 28.7 Å². The van der Waals surface area contributed by atoms with Crippen LogP contribution in [0.15, 0.2) is 48.2 Å². The number of fused-ring (bicyclic) bond motifs is 2. The molecule has 162 valence electrons. The number of carbonyl (C=O) groups excluding carboxylic acids is 1. The zero-order chi connectivity index (χ0) is 21.8. The average molecular weight is 445 g/mol. The van der Waals surface area contributed by atoms with Crippen molar-refractivity contribution in [3.05, 3.63) is 65.2 Å². The molecule has 2 aliphatic heterocycles. The maximum atomic E-state index is 13.8. The lowest BCUT2D eigenvalue weighted by molar-refractivity contribution is 0.0785. The van der Waals surface area contributed by atoms with E-state index in [-0.39, 0.29) is 5.91 Å². The molecular formula is C24H24N6OS. The number of aryl methyl sites for hydroxylation is 2. The first-order valence-electron chi connectivity index (χ1n) is 10.9. The van der Waals surface area contributed by atoms with Crippen molar-refractivity contribution in [2.45, 2.75) is 13.8 Å². The van der Waals surface area contributed by atoms with Gasteiger partial charge in [0.15, 0.2) is 0 Å². The highest BCUT2D eigenvalue weighted by Crippen LogP contribution is 2.36. The Balaban J connectivity index is 1.26. The van der Waals surface area contributed by atoms with Gasteiger partial charge in [-0.15, -0.1) is 11.3 Å². The van der Waals surface area contributed by atoms with Gasteiger partial charge in [0.25, 0.3) is 5.91 Å². The van der Waals surface area contributed by atoms with E-state index in [0.717, 1.165) is 65.2 Å². The molecule has 8 heteroatoms. The van der Waals surface area contributed by atoms with Crippen molar-refractivity contribution in [1.82, 2.24) is 24.3 Å². The molecule has 0 unspecified atom stereocenters. The Morgan fingerprint density at radius 3 is 2.50 bits per heavy atom. The Morgan fingerprint density at radius 2 is 1.81 bits per heavy atom. The van der Waals surface area contributed by atoms with E-state index in [1.165, 1.54) is 0 Å². The fraction of sp³-hybridized carbons (Fsp3) is 0.333. The lowest BCUT2D eigenvalue weighted by atomic mass is 10.0. The van der Waals surface area contributed by atoms with Crippen LogP contribution in [0.3, 0.4) is 0 Å². The number of amides is 1. The molecular weight excluding hydrogens is 420 g/mol. The minimum Gasteiger partial charge on any atom is -0.340 e. The summed E-state index contributed by atoms with van der Waals surface area (Å²) in [5.74, 6) is 1.81. The summed E-state index contributed by atoms with van der Waals surface area (Å²) < 4.78 is 2.03. The van der Waals surface area contributed by atoms with Crippen molar-refractivity contribution in [3.63, 3.8) is 0 Å². The van der Waals surface area contributed by atoms with Gasteiger partial charge in [-0.1, -0.05) is 6.07 Å². The molecule has 2 saturated heterocycles. The van der Waals surface area contributed by atoms with Crippen molar-refractivity contribution < 1.29 is 4.79 Å². The van der Waals surface area contributed by atoms with Crippen molar-refractivity contribution in [1.29, 1.82) is 0 Å². The maximum Gasteiger partial charge on any atom is 0.256 e. The van der Waals surface area contributed by atoms with Gasteiger partial charge >= 0.3 is 0 Å². The number of likely N-dealkylation sites (tertiary alicyclic amines) is 1. The summed E-state index contributed by atoms with van der Waals surface area (Å²) in [7, 11) is 0. The van der Waals surface area contributed by atoms with Gasteiger partial charge in [-0.3, -0.25) is 4.79 Å². The molecule has 1 amide bonds. The molecule has 7 nitrogen and oxygen atoms in total. The monoisotopic (exact) mass is 444 g/mol. The third-order valence-electron chi connectivity index (χ3n) is 6.59. The number of hydrogen-bond acceptors (Lipinski definition) is 6. The normalized spacial score (nSPS) is 20.3. The first-order chi connectivity index (χ1) is 15.6. The molecule has 2 atom stereocenters. The molecule has 4 aromatic heterocycles. The fourth-order valence-corrected chi connectivity index (χ4v) is 5.85. The number of aromatic nitrogens is 4. The van der Waals surface area contributed by atoms with Crippen LogP contribution in [0.5, 0.6) is 0 Å². The van der Waals surface area contributed by atoms with E-state index in [1.807, 2.05) is 65.2 Å². The van der Waals surface area contributed by atoms with Gasteiger partial charge in [-0.25, -0.2) is 15.0 Å². The Bertz CT molecular complexity index is 1280. The van der Waals surface area contributed by atoms with E-state index >= 15 is 0 Å². The highest BCUT2D eigenvalue weighted by Gasteiger charge is 2.43. The summed E-state index contributed by atoms with van der Waals surface area (Å²) in [6, 6.07) is 7.98. The summed E-state index contributed by atoms with van der Waals surface area (Å²) in [5, 5.41) is 2.84. The minimum absolute atomic E-state index is 0.104. The molecule has 6 heterocycles. The molecule has 0 spiro atoms. The molecule has 0 saturated carbocycles. The summed E-state index contributed by atoms with van der Waals surface area (Å²) >= 11 is 1.57. The quantitative estimate of drug-likeness (QED) is 0.482. The molecule has 0 radical (unpaired) electrons. The first-order valence-corrected chi connectivity index (χ1v) is 11.8. The van der Waals surface area contributed by atoms with Crippen LogP contribution in [-0.2, 0) is 0 Å². The number of hydrogen-bond donors (Lipinski definition) is 0. The second kappa shape index (κ2) is 7.41. The van der Waals surface area contributed by atoms with E-state index in [9.17, 15) is 4.79 Å². The zero-order valence-corrected chi connectivity index (χ0v) is 18.9. The van der Waals surface area contributed by atoms with Crippen LogP contribution in [0.25, 0.3) is 16.1 Å². The standard InChI is InChI=1S/C24H24N6OS/c1-15-9-16(2)27-24(26-15)30-12-17-10-29(11-18(17)13-30)23(31)21-19(22-25-6-8-32-22)14-28-7-4-3-5-20(21)28/h3-9,14,17-18H,10-13H2,1-2H3/t17-,18+. The Labute approximate surface area is 190 Å². The topological polar surface area (TPSA) is 66.6 Å². The van der Waals surface area contributed by atoms with Gasteiger partial charge in [0.1, 0.15) is 5.01 Å². The molecule has 0 bridgehead atoms. The van der Waals surface area contributed by atoms with E-state index in [4.69, 9.17) is 0 Å². The van der Waals surface area contributed by atoms with Crippen LogP contribution in [0, 0.1) is 25.7 Å². The number of carbonyl (C=O) groups is 1. The van der Waals surface area contributed by atoms with Crippen molar-refractivity contribution in [2.24, 2.45) is 11.8 Å². The lowest BCUT2D eigenvalue weighted by Gasteiger charge is -2.22. The SMILES string of the molecule is Cc1cc(C)nc(N2C[C@H]3CN(C(=O)c4c(-c5nccs5)cn5ccccc45)C[C@H]3C2)n1. The number of pyridine rings is 1. The smallest absolute Gasteiger partial charge is 0.256 e. The van der Waals surface area contributed by atoms with Gasteiger partial charge in [-0.05, 0) is 32.0 Å². The summed E-state index contributed by atoms with van der Waals surface area (Å²) in [6.45, 7) is 7.36. The summed E-state index contributed by atoms with van der Waals surface area (Å²) in [5.41, 5.74) is 4.60. The number of nitrogens with zero attached hydrogens (tertiary/aromatic N) is 6. The third kappa shape index (κ3) is 3.17. The molecule has 4 aromatic rings. The van der Waals surface area contributed by atoms with Gasteiger partial charge in [0.2, 0.25) is 5.95 Å². The largest absolute Gasteiger partial charge is 0.340 e. The molecule has 0 aromatic carbocycles. The number of rotatable bonds is 3. The average Bonchev–Trinajstić information content (AvgIpc) is 3.54. The Morgan fingerprint density at radius 1 is 1.06 bits per heavy atom.